The van der Waals surface area contributed by atoms with E-state index in [1.807, 2.05) is 84.9 Å². The Labute approximate surface area is 220 Å². The number of nitrogens with zero attached hydrogens (tertiary/aromatic N) is 3. The van der Waals surface area contributed by atoms with E-state index < -0.39 is 0 Å². The molecule has 0 radical (unpaired) electrons. The second kappa shape index (κ2) is 10.1. The average Bonchev–Trinajstić information content (AvgIpc) is 2.98. The van der Waals surface area contributed by atoms with Crippen molar-refractivity contribution >= 4 is 22.8 Å². The van der Waals surface area contributed by atoms with Gasteiger partial charge in [-0.1, -0.05) is 109 Å². The number of carbonyl (C=O) groups excluding carboxylic acids is 1. The Morgan fingerprint density at radius 2 is 1.16 bits per heavy atom. The van der Waals surface area contributed by atoms with Crippen molar-refractivity contribution in [1.29, 1.82) is 0 Å². The van der Waals surface area contributed by atoms with Gasteiger partial charge in [0.2, 0.25) is 5.95 Å². The largest absolute Gasteiger partial charge is 0.368 e. The number of anilines is 1. The fraction of sp³-hybridized carbons (Fsp3) is 0.0303. The molecule has 4 aromatic carbocycles. The summed E-state index contributed by atoms with van der Waals surface area (Å²) in [5, 5.41) is 0. The van der Waals surface area contributed by atoms with Crippen LogP contribution in [0.4, 0.5) is 5.95 Å². The molecule has 0 fully saturated rings. The molecule has 0 atom stereocenters. The van der Waals surface area contributed by atoms with Crippen molar-refractivity contribution in [2.45, 2.75) is 6.42 Å². The highest BCUT2D eigenvalue weighted by Gasteiger charge is 2.12. The van der Waals surface area contributed by atoms with Crippen LogP contribution in [0.25, 0.3) is 33.4 Å². The predicted octanol–water partition coefficient (Wildman–Crippen LogP) is 6.76. The van der Waals surface area contributed by atoms with E-state index in [2.05, 4.69) is 46.4 Å². The number of benzene rings is 4. The summed E-state index contributed by atoms with van der Waals surface area (Å²) in [6, 6.07) is 39.4. The zero-order valence-electron chi connectivity index (χ0n) is 20.6. The minimum atomic E-state index is 0.0206. The lowest BCUT2D eigenvalue weighted by Crippen LogP contribution is -2.03. The van der Waals surface area contributed by atoms with Gasteiger partial charge in [-0.15, -0.1) is 0 Å². The van der Waals surface area contributed by atoms with Gasteiger partial charge in [-0.2, -0.15) is 0 Å². The second-order valence-corrected chi connectivity index (χ2v) is 9.10. The number of aromatic nitrogens is 3. The molecule has 5 nitrogen and oxygen atoms in total. The fourth-order valence-corrected chi connectivity index (χ4v) is 4.57. The third-order valence-corrected chi connectivity index (χ3v) is 6.54. The molecular formula is C33H24N4O. The number of hydrogen-bond donors (Lipinski definition) is 1. The van der Waals surface area contributed by atoms with Crippen molar-refractivity contribution < 1.29 is 4.79 Å². The highest BCUT2D eigenvalue weighted by atomic mass is 16.1. The number of carbonyl (C=O) groups is 1. The Kier molecular flexibility index (Phi) is 6.16. The molecule has 5 heteroatoms. The maximum atomic E-state index is 12.7. The van der Waals surface area contributed by atoms with Crippen molar-refractivity contribution in [3.8, 4) is 22.4 Å². The molecule has 0 unspecified atom stereocenters. The van der Waals surface area contributed by atoms with E-state index in [0.29, 0.717) is 17.5 Å². The predicted molar refractivity (Wildman–Crippen MR) is 152 cm³/mol. The van der Waals surface area contributed by atoms with Gasteiger partial charge < -0.3 is 5.73 Å². The van der Waals surface area contributed by atoms with Crippen LogP contribution in [-0.4, -0.2) is 20.7 Å². The number of rotatable bonds is 6. The van der Waals surface area contributed by atoms with Gasteiger partial charge in [0.25, 0.3) is 0 Å². The molecule has 38 heavy (non-hydrogen) atoms. The van der Waals surface area contributed by atoms with Crippen LogP contribution in [0.2, 0.25) is 0 Å². The Morgan fingerprint density at radius 1 is 0.579 bits per heavy atom. The van der Waals surface area contributed by atoms with E-state index in [9.17, 15) is 4.79 Å². The molecule has 0 spiro atoms. The van der Waals surface area contributed by atoms with Crippen molar-refractivity contribution in [3.05, 3.63) is 144 Å². The third kappa shape index (κ3) is 4.77. The van der Waals surface area contributed by atoms with Crippen LogP contribution in [0, 0.1) is 0 Å². The molecular weight excluding hydrogens is 468 g/mol. The molecule has 0 saturated heterocycles. The van der Waals surface area contributed by atoms with Gasteiger partial charge in [0.1, 0.15) is 5.52 Å². The average molecular weight is 493 g/mol. The zero-order chi connectivity index (χ0) is 25.9. The number of hydrogen-bond acceptors (Lipinski definition) is 5. The summed E-state index contributed by atoms with van der Waals surface area (Å²) in [6.45, 7) is 0. The lowest BCUT2D eigenvalue weighted by atomic mass is 9.98. The molecule has 0 aliphatic heterocycles. The van der Waals surface area contributed by atoms with E-state index in [4.69, 9.17) is 10.7 Å². The van der Waals surface area contributed by atoms with Crippen molar-refractivity contribution in [2.24, 2.45) is 0 Å². The summed E-state index contributed by atoms with van der Waals surface area (Å²) in [5.74, 6) is 0.270. The van der Waals surface area contributed by atoms with Crippen LogP contribution >= 0.6 is 0 Å². The molecule has 2 N–H and O–H groups in total. The van der Waals surface area contributed by atoms with E-state index in [1.54, 1.807) is 0 Å². The van der Waals surface area contributed by atoms with Gasteiger partial charge in [-0.25, -0.2) is 15.0 Å². The molecule has 0 aliphatic carbocycles. The molecule has 6 rings (SSSR count). The molecule has 0 saturated carbocycles. The molecule has 0 amide bonds. The fourth-order valence-electron chi connectivity index (χ4n) is 4.57. The SMILES string of the molecule is Nc1nc(Cc2ccccc2)c2nc(-c3ccc(-c4ccc(C(=O)c5ccccc5)cc4)cc3)ccc2n1. The van der Waals surface area contributed by atoms with E-state index in [0.717, 1.165) is 44.7 Å². The minimum Gasteiger partial charge on any atom is -0.368 e. The minimum absolute atomic E-state index is 0.0206. The number of fused-ring (bicyclic) bond motifs is 1. The van der Waals surface area contributed by atoms with Gasteiger partial charge in [0, 0.05) is 23.1 Å². The van der Waals surface area contributed by atoms with E-state index >= 15 is 0 Å². The summed E-state index contributed by atoms with van der Waals surface area (Å²) >= 11 is 0. The highest BCUT2D eigenvalue weighted by molar-refractivity contribution is 6.09. The number of pyridine rings is 1. The van der Waals surface area contributed by atoms with Crippen molar-refractivity contribution in [3.63, 3.8) is 0 Å². The van der Waals surface area contributed by atoms with Gasteiger partial charge in [-0.3, -0.25) is 4.79 Å². The Hall–Kier alpha value is -5.16. The normalized spacial score (nSPS) is 10.9. The Balaban J connectivity index is 1.27. The number of nitrogen functional groups attached to an aromatic ring is 1. The molecule has 0 bridgehead atoms. The second-order valence-electron chi connectivity index (χ2n) is 9.10. The quantitative estimate of drug-likeness (QED) is 0.260. The molecule has 6 aromatic rings. The van der Waals surface area contributed by atoms with Crippen molar-refractivity contribution in [2.75, 3.05) is 5.73 Å². The monoisotopic (exact) mass is 492 g/mol. The summed E-state index contributed by atoms with van der Waals surface area (Å²) < 4.78 is 0. The standard InChI is InChI=1S/C33H24N4O/c34-33-36-29-20-19-28(35-31(29)30(37-33)21-22-7-3-1-4-8-22)25-15-11-23(12-16-25)24-13-17-27(18-14-24)32(38)26-9-5-2-6-10-26/h1-20H,21H2,(H2,34,36,37). The van der Waals surface area contributed by atoms with Gasteiger partial charge in [0.15, 0.2) is 5.78 Å². The maximum Gasteiger partial charge on any atom is 0.220 e. The first-order valence-corrected chi connectivity index (χ1v) is 12.4. The lowest BCUT2D eigenvalue weighted by molar-refractivity contribution is 0.103. The van der Waals surface area contributed by atoms with Crippen LogP contribution in [0.1, 0.15) is 27.2 Å². The lowest BCUT2D eigenvalue weighted by Gasteiger charge is -2.09. The van der Waals surface area contributed by atoms with Crippen molar-refractivity contribution in [1.82, 2.24) is 15.0 Å². The molecule has 182 valence electrons. The van der Waals surface area contributed by atoms with Gasteiger partial charge in [0.05, 0.1) is 16.9 Å². The first-order valence-electron chi connectivity index (χ1n) is 12.4. The van der Waals surface area contributed by atoms with Gasteiger partial charge >= 0.3 is 0 Å². The maximum absolute atomic E-state index is 12.7. The topological polar surface area (TPSA) is 81.8 Å². The van der Waals surface area contributed by atoms with Crippen LogP contribution in [0.15, 0.2) is 121 Å². The Bertz CT molecular complexity index is 1730. The number of ketones is 1. The van der Waals surface area contributed by atoms with Crippen LogP contribution in [-0.2, 0) is 6.42 Å². The van der Waals surface area contributed by atoms with E-state index in [-0.39, 0.29) is 11.7 Å². The zero-order valence-corrected chi connectivity index (χ0v) is 20.6. The van der Waals surface area contributed by atoms with Crippen LogP contribution < -0.4 is 5.73 Å². The highest BCUT2D eigenvalue weighted by Crippen LogP contribution is 2.27. The smallest absolute Gasteiger partial charge is 0.220 e. The van der Waals surface area contributed by atoms with E-state index in [1.165, 1.54) is 0 Å². The molecule has 2 heterocycles. The molecule has 2 aromatic heterocycles. The van der Waals surface area contributed by atoms with Crippen LogP contribution in [0.3, 0.4) is 0 Å². The first-order chi connectivity index (χ1) is 18.6. The molecule has 0 aliphatic rings. The first kappa shape index (κ1) is 23.3. The number of nitrogens with two attached hydrogens (primary N) is 1. The Morgan fingerprint density at radius 3 is 1.84 bits per heavy atom. The third-order valence-electron chi connectivity index (χ3n) is 6.54. The summed E-state index contributed by atoms with van der Waals surface area (Å²) in [4.78, 5) is 26.5. The summed E-state index contributed by atoms with van der Waals surface area (Å²) in [6.07, 6.45) is 0.627. The van der Waals surface area contributed by atoms with Gasteiger partial charge in [-0.05, 0) is 28.8 Å². The summed E-state index contributed by atoms with van der Waals surface area (Å²) in [5.41, 5.74) is 14.7. The van der Waals surface area contributed by atoms with Crippen LogP contribution in [0.5, 0.6) is 0 Å². The summed E-state index contributed by atoms with van der Waals surface area (Å²) in [7, 11) is 0.